The van der Waals surface area contributed by atoms with Crippen LogP contribution in [0, 0.1) is 6.92 Å². The van der Waals surface area contributed by atoms with Gasteiger partial charge in [0, 0.05) is 28.1 Å². The molecule has 7 nitrogen and oxygen atoms in total. The van der Waals surface area contributed by atoms with Crippen LogP contribution >= 0.6 is 11.6 Å². The second-order valence-corrected chi connectivity index (χ2v) is 6.49. The Hall–Kier alpha value is -3.06. The predicted molar refractivity (Wildman–Crippen MR) is 110 cm³/mol. The fourth-order valence-electron chi connectivity index (χ4n) is 2.30. The van der Waals surface area contributed by atoms with Crippen LogP contribution in [0.25, 0.3) is 0 Å². The first kappa shape index (κ1) is 21.2. The van der Waals surface area contributed by atoms with E-state index in [1.807, 2.05) is 13.0 Å². The van der Waals surface area contributed by atoms with Crippen LogP contribution in [0.2, 0.25) is 5.02 Å². The standard InChI is InChI=1S/C20H22ClN3O4/c1-12-5-6-15(10-18(12)21)22-19(25)7-13(2)23-24-20(26)14-8-16(27-3)11-17(9-14)28-4/h5-6,8-11H,7H2,1-4H3,(H,22,25)(H,24,26)/b23-13-. The van der Waals surface area contributed by atoms with E-state index in [0.29, 0.717) is 33.5 Å². The van der Waals surface area contributed by atoms with Gasteiger partial charge < -0.3 is 14.8 Å². The maximum Gasteiger partial charge on any atom is 0.271 e. The van der Waals surface area contributed by atoms with E-state index in [1.165, 1.54) is 14.2 Å². The van der Waals surface area contributed by atoms with Crippen LogP contribution in [0.3, 0.4) is 0 Å². The molecule has 0 fully saturated rings. The van der Waals surface area contributed by atoms with Crippen molar-refractivity contribution in [3.8, 4) is 11.5 Å². The lowest BCUT2D eigenvalue weighted by Gasteiger charge is -2.08. The number of halogens is 1. The molecule has 0 aliphatic rings. The minimum atomic E-state index is -0.442. The third-order valence-electron chi connectivity index (χ3n) is 3.83. The van der Waals surface area contributed by atoms with E-state index >= 15 is 0 Å². The van der Waals surface area contributed by atoms with E-state index in [4.69, 9.17) is 21.1 Å². The predicted octanol–water partition coefficient (Wildman–Crippen LogP) is 3.80. The number of hydrogen-bond acceptors (Lipinski definition) is 5. The summed E-state index contributed by atoms with van der Waals surface area (Å²) in [6.45, 7) is 3.53. The molecule has 2 aromatic rings. The second kappa shape index (κ2) is 9.75. The van der Waals surface area contributed by atoms with E-state index in [0.717, 1.165) is 5.56 Å². The molecule has 0 spiro atoms. The van der Waals surface area contributed by atoms with Gasteiger partial charge in [-0.1, -0.05) is 17.7 Å². The number of hydrogen-bond donors (Lipinski definition) is 2. The quantitative estimate of drug-likeness (QED) is 0.543. The monoisotopic (exact) mass is 403 g/mol. The maximum absolute atomic E-state index is 12.3. The van der Waals surface area contributed by atoms with E-state index in [1.54, 1.807) is 37.3 Å². The molecule has 0 unspecified atom stereocenters. The van der Waals surface area contributed by atoms with Crippen molar-refractivity contribution in [1.82, 2.24) is 5.43 Å². The highest BCUT2D eigenvalue weighted by molar-refractivity contribution is 6.31. The largest absolute Gasteiger partial charge is 0.497 e. The minimum absolute atomic E-state index is 0.0210. The van der Waals surface area contributed by atoms with Crippen LogP contribution in [0.1, 0.15) is 29.3 Å². The molecule has 148 valence electrons. The van der Waals surface area contributed by atoms with Crippen molar-refractivity contribution >= 4 is 34.8 Å². The Morgan fingerprint density at radius 2 is 1.71 bits per heavy atom. The van der Waals surface area contributed by atoms with Crippen molar-refractivity contribution in [3.05, 3.63) is 52.5 Å². The smallest absolute Gasteiger partial charge is 0.271 e. The number of nitrogens with zero attached hydrogens (tertiary/aromatic N) is 1. The molecule has 8 heteroatoms. The maximum atomic E-state index is 12.3. The summed E-state index contributed by atoms with van der Waals surface area (Å²) < 4.78 is 10.3. The first-order valence-corrected chi connectivity index (χ1v) is 8.82. The van der Waals surface area contributed by atoms with E-state index < -0.39 is 5.91 Å². The number of aryl methyl sites for hydroxylation is 1. The first-order chi connectivity index (χ1) is 13.3. The Balaban J connectivity index is 1.97. The summed E-state index contributed by atoms with van der Waals surface area (Å²) in [5.41, 5.74) is 4.72. The van der Waals surface area contributed by atoms with Gasteiger partial charge in [0.15, 0.2) is 0 Å². The molecule has 0 radical (unpaired) electrons. The SMILES string of the molecule is COc1cc(OC)cc(C(=O)N/N=C(/C)CC(=O)Nc2ccc(C)c(Cl)c2)c1. The number of anilines is 1. The molecule has 0 aromatic heterocycles. The van der Waals surface area contributed by atoms with Gasteiger partial charge in [-0.2, -0.15) is 5.10 Å². The van der Waals surface area contributed by atoms with Crippen molar-refractivity contribution in [3.63, 3.8) is 0 Å². The number of rotatable bonds is 7. The topological polar surface area (TPSA) is 89.0 Å². The van der Waals surface area contributed by atoms with Gasteiger partial charge in [0.05, 0.1) is 20.6 Å². The average Bonchev–Trinajstić information content (AvgIpc) is 2.68. The highest BCUT2D eigenvalue weighted by Gasteiger charge is 2.10. The fourth-order valence-corrected chi connectivity index (χ4v) is 2.48. The summed E-state index contributed by atoms with van der Waals surface area (Å²) in [6.07, 6.45) is 0.0210. The fraction of sp³-hybridized carbons (Fsp3) is 0.250. The van der Waals surface area contributed by atoms with Gasteiger partial charge in [0.1, 0.15) is 11.5 Å². The number of methoxy groups -OCH3 is 2. The van der Waals surface area contributed by atoms with Gasteiger partial charge in [-0.15, -0.1) is 0 Å². The van der Waals surface area contributed by atoms with Gasteiger partial charge in [0.2, 0.25) is 5.91 Å². The zero-order chi connectivity index (χ0) is 20.7. The average molecular weight is 404 g/mol. The first-order valence-electron chi connectivity index (χ1n) is 8.45. The molecule has 28 heavy (non-hydrogen) atoms. The molecule has 2 N–H and O–H groups in total. The van der Waals surface area contributed by atoms with Gasteiger partial charge >= 0.3 is 0 Å². The number of carbonyl (C=O) groups is 2. The molecule has 0 heterocycles. The van der Waals surface area contributed by atoms with E-state index in [2.05, 4.69) is 15.8 Å². The molecule has 0 saturated carbocycles. The zero-order valence-electron chi connectivity index (χ0n) is 16.1. The Bertz CT molecular complexity index is 890. The number of nitrogens with one attached hydrogen (secondary N) is 2. The number of benzene rings is 2. The van der Waals surface area contributed by atoms with Gasteiger partial charge in [-0.3, -0.25) is 9.59 Å². The molecule has 0 bridgehead atoms. The van der Waals surface area contributed by atoms with Gasteiger partial charge in [-0.05, 0) is 43.7 Å². The summed E-state index contributed by atoms with van der Waals surface area (Å²) in [7, 11) is 3.00. The molecule has 0 saturated heterocycles. The lowest BCUT2D eigenvalue weighted by Crippen LogP contribution is -2.21. The van der Waals surface area contributed by atoms with Crippen LogP contribution in [0.15, 0.2) is 41.5 Å². The normalized spacial score (nSPS) is 11.0. The van der Waals surface area contributed by atoms with E-state index in [9.17, 15) is 9.59 Å². The Morgan fingerprint density at radius 1 is 1.07 bits per heavy atom. The zero-order valence-corrected chi connectivity index (χ0v) is 16.9. The summed E-state index contributed by atoms with van der Waals surface area (Å²) in [5, 5.41) is 7.29. The summed E-state index contributed by atoms with van der Waals surface area (Å²) in [6, 6.07) is 10.1. The lowest BCUT2D eigenvalue weighted by atomic mass is 10.2. The molecule has 0 atom stereocenters. The third kappa shape index (κ3) is 5.99. The lowest BCUT2D eigenvalue weighted by molar-refractivity contribution is -0.115. The van der Waals surface area contributed by atoms with Crippen molar-refractivity contribution in [2.75, 3.05) is 19.5 Å². The Morgan fingerprint density at radius 3 is 2.29 bits per heavy atom. The van der Waals surface area contributed by atoms with Crippen molar-refractivity contribution in [2.24, 2.45) is 5.10 Å². The number of hydrazone groups is 1. The van der Waals surface area contributed by atoms with Crippen LogP contribution < -0.4 is 20.2 Å². The summed E-state index contributed by atoms with van der Waals surface area (Å²) >= 11 is 6.05. The van der Waals surface area contributed by atoms with Crippen LogP contribution in [-0.2, 0) is 4.79 Å². The molecular weight excluding hydrogens is 382 g/mol. The molecule has 2 aromatic carbocycles. The third-order valence-corrected chi connectivity index (χ3v) is 4.24. The minimum Gasteiger partial charge on any atom is -0.497 e. The summed E-state index contributed by atoms with van der Waals surface area (Å²) in [5.74, 6) is 0.267. The number of carbonyl (C=O) groups excluding carboxylic acids is 2. The van der Waals surface area contributed by atoms with Crippen molar-refractivity contribution in [1.29, 1.82) is 0 Å². The second-order valence-electron chi connectivity index (χ2n) is 6.08. The molecule has 0 aliphatic heterocycles. The highest BCUT2D eigenvalue weighted by Crippen LogP contribution is 2.22. The van der Waals surface area contributed by atoms with Gasteiger partial charge in [0.25, 0.3) is 5.91 Å². The van der Waals surface area contributed by atoms with Crippen LogP contribution in [0.4, 0.5) is 5.69 Å². The Labute approximate surface area is 168 Å². The van der Waals surface area contributed by atoms with E-state index in [-0.39, 0.29) is 12.3 Å². The highest BCUT2D eigenvalue weighted by atomic mass is 35.5. The van der Waals surface area contributed by atoms with Crippen LogP contribution in [0.5, 0.6) is 11.5 Å². The molecule has 2 rings (SSSR count). The summed E-state index contributed by atoms with van der Waals surface area (Å²) in [4.78, 5) is 24.4. The number of amides is 2. The van der Waals surface area contributed by atoms with Gasteiger partial charge in [-0.25, -0.2) is 5.43 Å². The molecule has 0 aliphatic carbocycles. The van der Waals surface area contributed by atoms with Crippen LogP contribution in [-0.4, -0.2) is 31.7 Å². The van der Waals surface area contributed by atoms with Crippen molar-refractivity contribution in [2.45, 2.75) is 20.3 Å². The number of ether oxygens (including phenoxy) is 2. The van der Waals surface area contributed by atoms with Crippen molar-refractivity contribution < 1.29 is 19.1 Å². The Kier molecular flexibility index (Phi) is 7.40. The molecular formula is C20H22ClN3O4. The molecule has 2 amide bonds.